The van der Waals surface area contributed by atoms with Crippen LogP contribution in [0.2, 0.25) is 0 Å². The number of hydrogen-bond donors (Lipinski definition) is 1. The lowest BCUT2D eigenvalue weighted by Crippen LogP contribution is -2.51. The van der Waals surface area contributed by atoms with Gasteiger partial charge in [-0.05, 0) is 32.7 Å². The van der Waals surface area contributed by atoms with E-state index < -0.39 is 0 Å². The van der Waals surface area contributed by atoms with E-state index in [9.17, 15) is 4.79 Å². The topological polar surface area (TPSA) is 32.3 Å². The van der Waals surface area contributed by atoms with E-state index >= 15 is 0 Å². The maximum Gasteiger partial charge on any atom is 0.242 e. The lowest BCUT2D eigenvalue weighted by molar-refractivity contribution is -0.135. The smallest absolute Gasteiger partial charge is 0.242 e. The standard InChI is InChI=1S/C10H20N2O/c1-4-8-12(3)9(13)10(2)6-5-7-11-10/h11H,4-8H2,1-3H3. The summed E-state index contributed by atoms with van der Waals surface area (Å²) in [7, 11) is 1.89. The molecule has 0 bridgehead atoms. The molecule has 1 aliphatic rings. The van der Waals surface area contributed by atoms with E-state index in [4.69, 9.17) is 0 Å². The number of rotatable bonds is 3. The van der Waals surface area contributed by atoms with Gasteiger partial charge in [0, 0.05) is 13.6 Å². The molecule has 1 aliphatic heterocycles. The molecule has 1 fully saturated rings. The van der Waals surface area contributed by atoms with E-state index in [2.05, 4.69) is 12.2 Å². The number of amides is 1. The minimum Gasteiger partial charge on any atom is -0.344 e. The third-order valence-corrected chi connectivity index (χ3v) is 2.75. The van der Waals surface area contributed by atoms with E-state index in [1.807, 2.05) is 18.9 Å². The van der Waals surface area contributed by atoms with Gasteiger partial charge in [0.2, 0.25) is 5.91 Å². The fraction of sp³-hybridized carbons (Fsp3) is 0.900. The van der Waals surface area contributed by atoms with Gasteiger partial charge in [0.15, 0.2) is 0 Å². The van der Waals surface area contributed by atoms with Crippen molar-refractivity contribution in [2.24, 2.45) is 0 Å². The number of carbonyl (C=O) groups is 1. The Kier molecular flexibility index (Phi) is 3.31. The normalized spacial score (nSPS) is 27.6. The van der Waals surface area contributed by atoms with Crippen LogP contribution in [0.25, 0.3) is 0 Å². The quantitative estimate of drug-likeness (QED) is 0.709. The van der Waals surface area contributed by atoms with Gasteiger partial charge in [-0.3, -0.25) is 4.79 Å². The van der Waals surface area contributed by atoms with Crippen molar-refractivity contribution in [3.8, 4) is 0 Å². The summed E-state index contributed by atoms with van der Waals surface area (Å²) in [5.41, 5.74) is -0.288. The van der Waals surface area contributed by atoms with Crippen LogP contribution in [0.3, 0.4) is 0 Å². The van der Waals surface area contributed by atoms with E-state index in [1.54, 1.807) is 0 Å². The summed E-state index contributed by atoms with van der Waals surface area (Å²) in [4.78, 5) is 13.8. The van der Waals surface area contributed by atoms with Crippen LogP contribution in [-0.2, 0) is 4.79 Å². The van der Waals surface area contributed by atoms with Crippen molar-refractivity contribution < 1.29 is 4.79 Å². The second-order valence-corrected chi connectivity index (χ2v) is 4.09. The molecule has 1 rings (SSSR count). The van der Waals surface area contributed by atoms with Gasteiger partial charge in [-0.15, -0.1) is 0 Å². The van der Waals surface area contributed by atoms with Crippen LogP contribution in [0.15, 0.2) is 0 Å². The third kappa shape index (κ3) is 2.21. The fourth-order valence-electron chi connectivity index (χ4n) is 1.94. The van der Waals surface area contributed by atoms with Gasteiger partial charge in [-0.25, -0.2) is 0 Å². The summed E-state index contributed by atoms with van der Waals surface area (Å²) in [6.45, 7) is 5.93. The molecular weight excluding hydrogens is 164 g/mol. The first-order valence-corrected chi connectivity index (χ1v) is 5.11. The van der Waals surface area contributed by atoms with Crippen molar-refractivity contribution in [2.45, 2.75) is 38.6 Å². The van der Waals surface area contributed by atoms with Crippen LogP contribution in [0.1, 0.15) is 33.1 Å². The molecule has 1 heterocycles. The van der Waals surface area contributed by atoms with Gasteiger partial charge in [0.1, 0.15) is 0 Å². The second-order valence-electron chi connectivity index (χ2n) is 4.09. The average Bonchev–Trinajstić information content (AvgIpc) is 2.52. The Hall–Kier alpha value is -0.570. The molecule has 76 valence electrons. The Balaban J connectivity index is 2.54. The lowest BCUT2D eigenvalue weighted by Gasteiger charge is -2.28. The monoisotopic (exact) mass is 184 g/mol. The molecule has 13 heavy (non-hydrogen) atoms. The molecule has 3 heteroatoms. The predicted molar refractivity (Wildman–Crippen MR) is 53.6 cm³/mol. The first kappa shape index (κ1) is 10.5. The average molecular weight is 184 g/mol. The molecule has 0 spiro atoms. The Bertz CT molecular complexity index is 185. The van der Waals surface area contributed by atoms with E-state index in [-0.39, 0.29) is 11.4 Å². The molecule has 0 aromatic rings. The summed E-state index contributed by atoms with van der Waals surface area (Å²) in [6, 6.07) is 0. The molecule has 0 aliphatic carbocycles. The largest absolute Gasteiger partial charge is 0.344 e. The Morgan fingerprint density at radius 2 is 2.31 bits per heavy atom. The number of nitrogens with one attached hydrogen (secondary N) is 1. The summed E-state index contributed by atoms with van der Waals surface area (Å²) in [6.07, 6.45) is 3.11. The summed E-state index contributed by atoms with van der Waals surface area (Å²) in [5.74, 6) is 0.242. The SMILES string of the molecule is CCCN(C)C(=O)C1(C)CCCN1. The van der Waals surface area contributed by atoms with Crippen molar-refractivity contribution in [1.29, 1.82) is 0 Å². The summed E-state index contributed by atoms with van der Waals surface area (Å²) < 4.78 is 0. The number of carbonyl (C=O) groups excluding carboxylic acids is 1. The van der Waals surface area contributed by atoms with Crippen molar-refractivity contribution in [2.75, 3.05) is 20.1 Å². The van der Waals surface area contributed by atoms with E-state index in [0.29, 0.717) is 0 Å². The molecule has 0 aromatic heterocycles. The van der Waals surface area contributed by atoms with Crippen LogP contribution < -0.4 is 5.32 Å². The maximum atomic E-state index is 11.9. The van der Waals surface area contributed by atoms with Gasteiger partial charge in [0.25, 0.3) is 0 Å². The molecule has 1 atom stereocenters. The van der Waals surface area contributed by atoms with Crippen LogP contribution >= 0.6 is 0 Å². The van der Waals surface area contributed by atoms with Crippen molar-refractivity contribution in [1.82, 2.24) is 10.2 Å². The first-order valence-electron chi connectivity index (χ1n) is 5.11. The number of hydrogen-bond acceptors (Lipinski definition) is 2. The van der Waals surface area contributed by atoms with Gasteiger partial charge >= 0.3 is 0 Å². The third-order valence-electron chi connectivity index (χ3n) is 2.75. The van der Waals surface area contributed by atoms with Crippen molar-refractivity contribution in [3.05, 3.63) is 0 Å². The molecule has 3 nitrogen and oxygen atoms in total. The molecule has 0 saturated carbocycles. The molecule has 1 saturated heterocycles. The zero-order valence-corrected chi connectivity index (χ0v) is 8.89. The highest BCUT2D eigenvalue weighted by Gasteiger charge is 2.37. The van der Waals surface area contributed by atoms with Gasteiger partial charge < -0.3 is 10.2 Å². The van der Waals surface area contributed by atoms with E-state index in [0.717, 1.165) is 32.4 Å². The molecule has 1 amide bonds. The van der Waals surface area contributed by atoms with Gasteiger partial charge in [0.05, 0.1) is 5.54 Å². The lowest BCUT2D eigenvalue weighted by atomic mass is 9.98. The summed E-state index contributed by atoms with van der Waals surface area (Å²) in [5, 5.41) is 3.28. The second kappa shape index (κ2) is 4.09. The molecular formula is C10H20N2O. The highest BCUT2D eigenvalue weighted by atomic mass is 16.2. The van der Waals surface area contributed by atoms with Gasteiger partial charge in [-0.1, -0.05) is 6.92 Å². The zero-order valence-electron chi connectivity index (χ0n) is 8.89. The van der Waals surface area contributed by atoms with Crippen LogP contribution in [-0.4, -0.2) is 36.5 Å². The first-order chi connectivity index (χ1) is 6.10. The minimum atomic E-state index is -0.288. The van der Waals surface area contributed by atoms with Crippen LogP contribution in [0.4, 0.5) is 0 Å². The van der Waals surface area contributed by atoms with Crippen molar-refractivity contribution in [3.63, 3.8) is 0 Å². The molecule has 1 N–H and O–H groups in total. The maximum absolute atomic E-state index is 11.9. The zero-order chi connectivity index (χ0) is 9.90. The Labute approximate surface area is 80.5 Å². The molecule has 0 aromatic carbocycles. The number of likely N-dealkylation sites (N-methyl/N-ethyl adjacent to an activating group) is 1. The molecule has 0 radical (unpaired) electrons. The van der Waals surface area contributed by atoms with Crippen LogP contribution in [0, 0.1) is 0 Å². The highest BCUT2D eigenvalue weighted by molar-refractivity contribution is 5.86. The Morgan fingerprint density at radius 3 is 2.77 bits per heavy atom. The summed E-state index contributed by atoms with van der Waals surface area (Å²) >= 11 is 0. The van der Waals surface area contributed by atoms with Crippen molar-refractivity contribution >= 4 is 5.91 Å². The fourth-order valence-corrected chi connectivity index (χ4v) is 1.94. The molecule has 1 unspecified atom stereocenters. The minimum absolute atomic E-state index is 0.242. The predicted octanol–water partition coefficient (Wildman–Crippen LogP) is 0.997. The highest BCUT2D eigenvalue weighted by Crippen LogP contribution is 2.20. The number of nitrogens with zero attached hydrogens (tertiary/aromatic N) is 1. The Morgan fingerprint density at radius 1 is 1.62 bits per heavy atom. The van der Waals surface area contributed by atoms with E-state index in [1.165, 1.54) is 0 Å². The van der Waals surface area contributed by atoms with Gasteiger partial charge in [-0.2, -0.15) is 0 Å². The van der Waals surface area contributed by atoms with Crippen LogP contribution in [0.5, 0.6) is 0 Å².